The highest BCUT2D eigenvalue weighted by Crippen LogP contribution is 2.29. The highest BCUT2D eigenvalue weighted by Gasteiger charge is 2.38. The van der Waals surface area contributed by atoms with Gasteiger partial charge >= 0.3 is 18.2 Å². The van der Waals surface area contributed by atoms with Crippen molar-refractivity contribution in [2.45, 2.75) is 6.18 Å². The molecule has 0 bridgehead atoms. The minimum absolute atomic E-state index is 0.0239. The average Bonchev–Trinajstić information content (AvgIpc) is 2.78. The number of nitrogens with one attached hydrogen (secondary N) is 1. The summed E-state index contributed by atoms with van der Waals surface area (Å²) in [5.74, 6) is -1.73. The molecule has 0 aliphatic rings. The van der Waals surface area contributed by atoms with Crippen LogP contribution in [0, 0.1) is 0 Å². The maximum atomic E-state index is 12.2. The van der Waals surface area contributed by atoms with E-state index in [9.17, 15) is 18.0 Å². The zero-order chi connectivity index (χ0) is 14.0. The van der Waals surface area contributed by atoms with Crippen molar-refractivity contribution in [3.63, 3.8) is 0 Å². The predicted molar refractivity (Wildman–Crippen MR) is 54.2 cm³/mol. The van der Waals surface area contributed by atoms with Gasteiger partial charge in [0.2, 0.25) is 5.82 Å². The van der Waals surface area contributed by atoms with Gasteiger partial charge in [0.05, 0.1) is 0 Å². The van der Waals surface area contributed by atoms with Crippen LogP contribution in [0.2, 0.25) is 0 Å². The van der Waals surface area contributed by atoms with Gasteiger partial charge in [-0.25, -0.2) is 9.78 Å². The molecule has 2 aromatic heterocycles. The van der Waals surface area contributed by atoms with E-state index in [-0.39, 0.29) is 17.2 Å². The summed E-state index contributed by atoms with van der Waals surface area (Å²) in [4.78, 5) is 17.2. The summed E-state index contributed by atoms with van der Waals surface area (Å²) in [6.07, 6.45) is -4.90. The summed E-state index contributed by atoms with van der Waals surface area (Å²) in [5, 5.41) is 13.6. The lowest BCUT2D eigenvalue weighted by atomic mass is 10.3. The molecule has 0 atom stereocenters. The molecule has 1 amide bonds. The lowest BCUT2D eigenvalue weighted by Crippen LogP contribution is -2.08. The summed E-state index contributed by atoms with van der Waals surface area (Å²) in [5.41, 5.74) is 0.162. The third-order valence-electron chi connectivity index (χ3n) is 1.93. The van der Waals surface area contributed by atoms with Gasteiger partial charge in [-0.15, -0.1) is 0 Å². The van der Waals surface area contributed by atoms with Crippen molar-refractivity contribution in [2.24, 2.45) is 0 Å². The van der Waals surface area contributed by atoms with Gasteiger partial charge in [0, 0.05) is 11.8 Å². The SMILES string of the molecule is O=C(O)Nc1ccc(-c2noc(C(F)(F)F)n2)cn1. The second-order valence-corrected chi connectivity index (χ2v) is 3.28. The first-order valence-corrected chi connectivity index (χ1v) is 4.73. The number of rotatable bonds is 2. The van der Waals surface area contributed by atoms with Crippen LogP contribution in [0.15, 0.2) is 22.9 Å². The lowest BCUT2D eigenvalue weighted by molar-refractivity contribution is -0.159. The Balaban J connectivity index is 2.23. The van der Waals surface area contributed by atoms with Gasteiger partial charge in [0.15, 0.2) is 0 Å². The largest absolute Gasteiger partial charge is 0.471 e. The Hall–Kier alpha value is -2.65. The summed E-state index contributed by atoms with van der Waals surface area (Å²) in [6, 6.07) is 2.57. The topological polar surface area (TPSA) is 101 Å². The smallest absolute Gasteiger partial charge is 0.465 e. The minimum atomic E-state index is -4.72. The molecule has 2 N–H and O–H groups in total. The first kappa shape index (κ1) is 12.8. The van der Waals surface area contributed by atoms with E-state index in [1.165, 1.54) is 12.1 Å². The molecule has 0 unspecified atom stereocenters. The number of amides is 1. The van der Waals surface area contributed by atoms with E-state index < -0.39 is 18.2 Å². The Labute approximate surface area is 103 Å². The fraction of sp³-hybridized carbons (Fsp3) is 0.111. The number of aromatic nitrogens is 3. The van der Waals surface area contributed by atoms with Crippen molar-refractivity contribution in [1.29, 1.82) is 0 Å². The molecule has 0 radical (unpaired) electrons. The Morgan fingerprint density at radius 3 is 2.58 bits per heavy atom. The summed E-state index contributed by atoms with van der Waals surface area (Å²) >= 11 is 0. The highest BCUT2D eigenvalue weighted by molar-refractivity contribution is 5.81. The molecular weight excluding hydrogens is 269 g/mol. The summed E-state index contributed by atoms with van der Waals surface area (Å²) < 4.78 is 40.8. The molecule has 0 aliphatic carbocycles. The number of nitrogens with zero attached hydrogens (tertiary/aromatic N) is 3. The van der Waals surface area contributed by atoms with Crippen LogP contribution >= 0.6 is 0 Å². The van der Waals surface area contributed by atoms with E-state index in [1.807, 2.05) is 5.32 Å². The van der Waals surface area contributed by atoms with Gasteiger partial charge in [-0.1, -0.05) is 5.16 Å². The third kappa shape index (κ3) is 2.97. The number of carboxylic acid groups (broad SMARTS) is 1. The number of anilines is 1. The maximum Gasteiger partial charge on any atom is 0.471 e. The van der Waals surface area contributed by atoms with Crippen LogP contribution in [0.3, 0.4) is 0 Å². The van der Waals surface area contributed by atoms with Crippen LogP contribution in [-0.2, 0) is 6.18 Å². The fourth-order valence-corrected chi connectivity index (χ4v) is 1.17. The number of carbonyl (C=O) groups is 1. The Kier molecular flexibility index (Phi) is 3.07. The average molecular weight is 274 g/mol. The number of halogens is 3. The van der Waals surface area contributed by atoms with Crippen LogP contribution in [0.5, 0.6) is 0 Å². The Bertz CT molecular complexity index is 594. The second-order valence-electron chi connectivity index (χ2n) is 3.28. The minimum Gasteiger partial charge on any atom is -0.465 e. The fourth-order valence-electron chi connectivity index (χ4n) is 1.17. The van der Waals surface area contributed by atoms with Crippen molar-refractivity contribution < 1.29 is 27.6 Å². The molecule has 7 nitrogen and oxygen atoms in total. The van der Waals surface area contributed by atoms with Crippen molar-refractivity contribution >= 4 is 11.9 Å². The van der Waals surface area contributed by atoms with Crippen molar-refractivity contribution in [3.8, 4) is 11.4 Å². The molecule has 0 saturated carbocycles. The number of hydrogen-bond donors (Lipinski definition) is 2. The standard InChI is InChI=1S/C9H5F3N4O3/c10-9(11,12)7-15-6(16-19-7)4-1-2-5(13-3-4)14-8(17)18/h1-3H,(H,13,14)(H,17,18). The van der Waals surface area contributed by atoms with Crippen LogP contribution in [0.25, 0.3) is 11.4 Å². The first-order chi connectivity index (χ1) is 8.86. The molecule has 0 saturated heterocycles. The molecule has 0 fully saturated rings. The highest BCUT2D eigenvalue weighted by atomic mass is 19.4. The summed E-state index contributed by atoms with van der Waals surface area (Å²) in [7, 11) is 0. The van der Waals surface area contributed by atoms with Gasteiger partial charge < -0.3 is 9.63 Å². The molecular formula is C9H5F3N4O3. The summed E-state index contributed by atoms with van der Waals surface area (Å²) in [6.45, 7) is 0. The van der Waals surface area contributed by atoms with Crippen molar-refractivity contribution in [3.05, 3.63) is 24.2 Å². The first-order valence-electron chi connectivity index (χ1n) is 4.73. The number of hydrogen-bond acceptors (Lipinski definition) is 5. The van der Waals surface area contributed by atoms with Crippen molar-refractivity contribution in [1.82, 2.24) is 15.1 Å². The molecule has 0 aromatic carbocycles. The quantitative estimate of drug-likeness (QED) is 0.870. The Morgan fingerprint density at radius 2 is 2.11 bits per heavy atom. The van der Waals surface area contributed by atoms with E-state index in [0.717, 1.165) is 6.20 Å². The zero-order valence-corrected chi connectivity index (χ0v) is 8.97. The van der Waals surface area contributed by atoms with Gasteiger partial charge in [-0.2, -0.15) is 18.2 Å². The molecule has 100 valence electrons. The van der Waals surface area contributed by atoms with Crippen LogP contribution in [-0.4, -0.2) is 26.3 Å². The molecule has 10 heteroatoms. The predicted octanol–water partition coefficient (Wildman–Crippen LogP) is 2.24. The normalized spacial score (nSPS) is 11.3. The number of alkyl halides is 3. The third-order valence-corrected chi connectivity index (χ3v) is 1.93. The van der Waals surface area contributed by atoms with E-state index in [1.54, 1.807) is 0 Å². The second kappa shape index (κ2) is 4.55. The molecule has 2 heterocycles. The van der Waals surface area contributed by atoms with Gasteiger partial charge in [0.25, 0.3) is 0 Å². The van der Waals surface area contributed by atoms with E-state index in [4.69, 9.17) is 5.11 Å². The van der Waals surface area contributed by atoms with Gasteiger partial charge in [0.1, 0.15) is 5.82 Å². The van der Waals surface area contributed by atoms with Crippen molar-refractivity contribution in [2.75, 3.05) is 5.32 Å². The molecule has 2 rings (SSSR count). The lowest BCUT2D eigenvalue weighted by Gasteiger charge is -1.99. The van der Waals surface area contributed by atoms with Gasteiger partial charge in [-0.3, -0.25) is 5.32 Å². The van der Waals surface area contributed by atoms with Gasteiger partial charge in [-0.05, 0) is 12.1 Å². The maximum absolute atomic E-state index is 12.2. The molecule has 19 heavy (non-hydrogen) atoms. The number of pyridine rings is 1. The molecule has 2 aromatic rings. The Morgan fingerprint density at radius 1 is 1.37 bits per heavy atom. The van der Waals surface area contributed by atoms with Crippen LogP contribution in [0.1, 0.15) is 5.89 Å². The van der Waals surface area contributed by atoms with E-state index in [2.05, 4.69) is 19.6 Å². The monoisotopic (exact) mass is 274 g/mol. The molecule has 0 aliphatic heterocycles. The molecule has 0 spiro atoms. The zero-order valence-electron chi connectivity index (χ0n) is 8.97. The van der Waals surface area contributed by atoms with E-state index >= 15 is 0 Å². The van der Waals surface area contributed by atoms with E-state index in [0.29, 0.717) is 0 Å². The van der Waals surface area contributed by atoms with Crippen LogP contribution in [0.4, 0.5) is 23.8 Å². The van der Waals surface area contributed by atoms with Crippen LogP contribution < -0.4 is 5.32 Å².